The van der Waals surface area contributed by atoms with Crippen LogP contribution in [0.5, 0.6) is 5.75 Å². The number of thiazole rings is 1. The molecule has 0 saturated heterocycles. The van der Waals surface area contributed by atoms with Gasteiger partial charge in [0.2, 0.25) is 5.01 Å². The summed E-state index contributed by atoms with van der Waals surface area (Å²) >= 11 is 0.500. The number of rotatable bonds is 7. The van der Waals surface area contributed by atoms with E-state index in [9.17, 15) is 35.1 Å². The molecule has 12 heteroatoms. The van der Waals surface area contributed by atoms with Crippen LogP contribution in [0.3, 0.4) is 0 Å². The number of hydrogen-bond acceptors (Lipinski definition) is 4. The van der Waals surface area contributed by atoms with E-state index in [1.807, 2.05) is 0 Å². The molecule has 0 atom stereocenters. The average Bonchev–Trinajstić information content (AvgIpc) is 3.31. The zero-order chi connectivity index (χ0) is 28.8. The van der Waals surface area contributed by atoms with E-state index in [4.69, 9.17) is 4.74 Å². The molecule has 0 aliphatic heterocycles. The van der Waals surface area contributed by atoms with Gasteiger partial charge in [-0.05, 0) is 65.2 Å². The zero-order valence-electron chi connectivity index (χ0n) is 20.2. The normalized spacial score (nSPS) is 11.8. The van der Waals surface area contributed by atoms with Crippen LogP contribution in [0.15, 0.2) is 60.7 Å². The van der Waals surface area contributed by atoms with Crippen LogP contribution in [0.2, 0.25) is 0 Å². The smallest absolute Gasteiger partial charge is 0.427 e. The lowest BCUT2D eigenvalue weighted by Crippen LogP contribution is -2.21. The second-order valence-corrected chi connectivity index (χ2v) is 9.61. The highest BCUT2D eigenvalue weighted by Gasteiger charge is 2.39. The summed E-state index contributed by atoms with van der Waals surface area (Å²) in [4.78, 5) is 3.84. The van der Waals surface area contributed by atoms with E-state index in [1.165, 1.54) is 25.3 Å². The van der Waals surface area contributed by atoms with Crippen LogP contribution in [0.25, 0.3) is 32.5 Å². The summed E-state index contributed by atoms with van der Waals surface area (Å²) in [6, 6.07) is 9.76. The number of aromatic nitrogens is 1. The molecule has 5 rings (SSSR count). The van der Waals surface area contributed by atoms with Crippen LogP contribution in [-0.4, -0.2) is 12.1 Å². The summed E-state index contributed by atoms with van der Waals surface area (Å²) in [6.45, 7) is -0.00356. The summed E-state index contributed by atoms with van der Waals surface area (Å²) in [5.74, 6) is -8.34. The molecule has 0 aliphatic carbocycles. The van der Waals surface area contributed by atoms with Gasteiger partial charge in [0.25, 0.3) is 0 Å². The van der Waals surface area contributed by atoms with E-state index < -0.39 is 51.8 Å². The lowest BCUT2D eigenvalue weighted by atomic mass is 10.0. The molecule has 0 saturated carbocycles. The standard InChI is InChI=1S/C28H15F8NO2S/c1-38-12-13-6-19(30)25(20(31)7-13)14-2-5-23-24(10-14)40-27(37-23)28(35,36)39-16-3-4-17(18(29)11-16)15-8-21(32)26(34)22(33)9-15/h2-11H,12H2,1H3. The highest BCUT2D eigenvalue weighted by Crippen LogP contribution is 2.39. The molecule has 0 fully saturated rings. The van der Waals surface area contributed by atoms with Crippen molar-refractivity contribution in [1.82, 2.24) is 4.98 Å². The quantitative estimate of drug-likeness (QED) is 0.142. The topological polar surface area (TPSA) is 31.4 Å². The molecule has 0 N–H and O–H groups in total. The molecule has 1 aromatic heterocycles. The predicted molar refractivity (Wildman–Crippen MR) is 132 cm³/mol. The molecule has 206 valence electrons. The highest BCUT2D eigenvalue weighted by atomic mass is 32.1. The Morgan fingerprint density at radius 3 is 2.05 bits per heavy atom. The molecule has 0 amide bonds. The van der Waals surface area contributed by atoms with E-state index >= 15 is 0 Å². The first-order valence-corrected chi connectivity index (χ1v) is 12.2. The third-order valence-corrected chi connectivity index (χ3v) is 6.89. The molecule has 0 spiro atoms. The Hall–Kier alpha value is -4.03. The van der Waals surface area contributed by atoms with Gasteiger partial charge in [-0.3, -0.25) is 0 Å². The molecule has 0 unspecified atom stereocenters. The second kappa shape index (κ2) is 10.5. The van der Waals surface area contributed by atoms with Gasteiger partial charge in [0, 0.05) is 18.7 Å². The fourth-order valence-electron chi connectivity index (χ4n) is 4.05. The molecule has 0 aliphatic rings. The van der Waals surface area contributed by atoms with E-state index in [0.717, 1.165) is 24.3 Å². The number of benzene rings is 4. The summed E-state index contributed by atoms with van der Waals surface area (Å²) in [5.41, 5.74) is -0.606. The van der Waals surface area contributed by atoms with Gasteiger partial charge in [0.1, 0.15) is 23.2 Å². The van der Waals surface area contributed by atoms with Gasteiger partial charge in [0.05, 0.1) is 22.4 Å². The zero-order valence-corrected chi connectivity index (χ0v) is 21.0. The Bertz CT molecular complexity index is 1710. The maximum absolute atomic E-state index is 15.0. The van der Waals surface area contributed by atoms with Crippen LogP contribution in [0.1, 0.15) is 10.6 Å². The number of ether oxygens (including phenoxy) is 2. The van der Waals surface area contributed by atoms with Gasteiger partial charge in [0.15, 0.2) is 17.5 Å². The van der Waals surface area contributed by atoms with Crippen molar-refractivity contribution in [2.24, 2.45) is 0 Å². The molecule has 5 aromatic rings. The number of methoxy groups -OCH3 is 1. The van der Waals surface area contributed by atoms with E-state index in [0.29, 0.717) is 29.5 Å². The molecular formula is C28H15F8NO2S. The first-order valence-electron chi connectivity index (χ1n) is 11.4. The van der Waals surface area contributed by atoms with Crippen molar-refractivity contribution in [3.05, 3.63) is 106 Å². The maximum Gasteiger partial charge on any atom is 0.454 e. The Balaban J connectivity index is 1.42. The Morgan fingerprint density at radius 1 is 0.750 bits per heavy atom. The fraction of sp³-hybridized carbons (Fsp3) is 0.107. The number of halogens is 8. The summed E-state index contributed by atoms with van der Waals surface area (Å²) in [6.07, 6.45) is -4.05. The number of fused-ring (bicyclic) bond motifs is 1. The monoisotopic (exact) mass is 581 g/mol. The van der Waals surface area contributed by atoms with Gasteiger partial charge in [-0.15, -0.1) is 11.3 Å². The Morgan fingerprint density at radius 2 is 1.43 bits per heavy atom. The van der Waals surface area contributed by atoms with Crippen LogP contribution in [0, 0.1) is 34.9 Å². The lowest BCUT2D eigenvalue weighted by Gasteiger charge is -2.16. The molecule has 3 nitrogen and oxygen atoms in total. The van der Waals surface area contributed by atoms with Crippen molar-refractivity contribution in [2.75, 3.05) is 7.11 Å². The van der Waals surface area contributed by atoms with E-state index in [1.54, 1.807) is 0 Å². The van der Waals surface area contributed by atoms with E-state index in [2.05, 4.69) is 9.72 Å². The molecule has 4 aromatic carbocycles. The fourth-order valence-corrected chi connectivity index (χ4v) is 4.97. The summed E-state index contributed by atoms with van der Waals surface area (Å²) in [5, 5.41) is -0.816. The van der Waals surface area contributed by atoms with Crippen molar-refractivity contribution in [1.29, 1.82) is 0 Å². The van der Waals surface area contributed by atoms with Crippen molar-refractivity contribution in [2.45, 2.75) is 12.7 Å². The Kier molecular flexibility index (Phi) is 7.23. The summed E-state index contributed by atoms with van der Waals surface area (Å²) in [7, 11) is 1.38. The van der Waals surface area contributed by atoms with Crippen molar-refractivity contribution in [3.63, 3.8) is 0 Å². The van der Waals surface area contributed by atoms with Crippen molar-refractivity contribution in [3.8, 4) is 28.0 Å². The third-order valence-electron chi connectivity index (χ3n) is 5.82. The number of nitrogens with zero attached hydrogens (tertiary/aromatic N) is 1. The molecule has 0 bridgehead atoms. The first-order chi connectivity index (χ1) is 19.0. The SMILES string of the molecule is COCc1cc(F)c(-c2ccc3nc(C(F)(F)Oc4ccc(-c5cc(F)c(F)c(F)c5)c(F)c4)sc3c2)c(F)c1. The average molecular weight is 581 g/mol. The maximum atomic E-state index is 15.0. The lowest BCUT2D eigenvalue weighted by molar-refractivity contribution is -0.185. The first kappa shape index (κ1) is 27.5. The van der Waals surface area contributed by atoms with Crippen molar-refractivity contribution >= 4 is 21.6 Å². The number of hydrogen-bond donors (Lipinski definition) is 0. The van der Waals surface area contributed by atoms with Crippen LogP contribution in [-0.2, 0) is 17.5 Å². The van der Waals surface area contributed by atoms with Crippen molar-refractivity contribution < 1.29 is 44.6 Å². The van der Waals surface area contributed by atoms with Gasteiger partial charge in [-0.2, -0.15) is 8.78 Å². The second-order valence-electron chi connectivity index (χ2n) is 8.58. The van der Waals surface area contributed by atoms with Crippen LogP contribution in [0.4, 0.5) is 35.1 Å². The molecule has 1 heterocycles. The minimum atomic E-state index is -4.05. The Labute approximate surface area is 225 Å². The largest absolute Gasteiger partial charge is 0.454 e. The molecular weight excluding hydrogens is 566 g/mol. The van der Waals surface area contributed by atoms with Gasteiger partial charge in [-0.1, -0.05) is 6.07 Å². The minimum absolute atomic E-state index is 0.00356. The summed E-state index contributed by atoms with van der Waals surface area (Å²) < 4.78 is 124. The van der Waals surface area contributed by atoms with Crippen LogP contribution < -0.4 is 4.74 Å². The third kappa shape index (κ3) is 5.24. The van der Waals surface area contributed by atoms with Gasteiger partial charge >= 0.3 is 6.11 Å². The van der Waals surface area contributed by atoms with Gasteiger partial charge < -0.3 is 9.47 Å². The molecule has 40 heavy (non-hydrogen) atoms. The minimum Gasteiger partial charge on any atom is -0.427 e. The molecule has 0 radical (unpaired) electrons. The number of alkyl halides is 2. The highest BCUT2D eigenvalue weighted by molar-refractivity contribution is 7.18. The van der Waals surface area contributed by atoms with Crippen LogP contribution >= 0.6 is 11.3 Å². The predicted octanol–water partition coefficient (Wildman–Crippen LogP) is 8.74. The van der Waals surface area contributed by atoms with Gasteiger partial charge in [-0.25, -0.2) is 31.3 Å². The van der Waals surface area contributed by atoms with E-state index in [-0.39, 0.29) is 44.6 Å².